The Morgan fingerprint density at radius 1 is 1.10 bits per heavy atom. The number of carbonyl (C=O) groups excluding carboxylic acids is 1. The molecule has 0 fully saturated rings. The molecule has 1 aliphatic heterocycles. The van der Waals surface area contributed by atoms with E-state index in [2.05, 4.69) is 56.0 Å². The monoisotopic (exact) mass is 444 g/mol. The van der Waals surface area contributed by atoms with E-state index in [0.717, 1.165) is 12.1 Å². The topological polar surface area (TPSA) is 96.3 Å². The number of amides is 1. The number of rotatable bonds is 3. The van der Waals surface area contributed by atoms with Gasteiger partial charge in [0.1, 0.15) is 0 Å². The van der Waals surface area contributed by atoms with Crippen LogP contribution < -0.4 is 16.2 Å². The van der Waals surface area contributed by atoms with Crippen molar-refractivity contribution in [1.29, 1.82) is 0 Å². The van der Waals surface area contributed by atoms with Crippen LogP contribution in [0.5, 0.6) is 0 Å². The van der Waals surface area contributed by atoms with Gasteiger partial charge in [0.25, 0.3) is 11.6 Å². The third-order valence-electron chi connectivity index (χ3n) is 4.85. The van der Waals surface area contributed by atoms with Crippen LogP contribution in [-0.2, 0) is 5.41 Å². The molecule has 3 N–H and O–H groups in total. The molecule has 0 saturated heterocycles. The third-order valence-corrected chi connectivity index (χ3v) is 6.33. The van der Waals surface area contributed by atoms with Gasteiger partial charge in [0.15, 0.2) is 5.11 Å². The average molecular weight is 445 g/mol. The van der Waals surface area contributed by atoms with E-state index in [0.29, 0.717) is 0 Å². The molecule has 2 aromatic rings. The van der Waals surface area contributed by atoms with E-state index in [-0.39, 0.29) is 26.5 Å². The summed E-state index contributed by atoms with van der Waals surface area (Å²) in [4.78, 5) is 23.6. The van der Waals surface area contributed by atoms with Gasteiger partial charge < -0.3 is 5.32 Å². The minimum absolute atomic E-state index is 0.0426. The number of carbonyl (C=O) groups is 1. The highest BCUT2D eigenvalue weighted by atomic mass is 32.2. The van der Waals surface area contributed by atoms with E-state index in [1.54, 1.807) is 0 Å². The van der Waals surface area contributed by atoms with Crippen molar-refractivity contribution >= 4 is 46.4 Å². The van der Waals surface area contributed by atoms with Gasteiger partial charge in [-0.05, 0) is 59.9 Å². The zero-order valence-electron chi connectivity index (χ0n) is 17.2. The minimum atomic E-state index is -0.516. The standard InChI is InChI=1S/C21H24N4O3S2/c1-20(2)12-21(3,4)30-17-10-7-14(11-16(17)20)22-19(29)24-23-18(26)13-5-8-15(9-6-13)25(27)28/h5-11H,12H2,1-4H3,(H,23,26)(H2,22,24,29). The Kier molecular flexibility index (Phi) is 6.05. The molecule has 0 bridgehead atoms. The van der Waals surface area contributed by atoms with E-state index >= 15 is 0 Å². The molecule has 3 rings (SSSR count). The molecule has 1 aliphatic rings. The van der Waals surface area contributed by atoms with Crippen LogP contribution in [0.2, 0.25) is 0 Å². The molecule has 7 nitrogen and oxygen atoms in total. The number of nitro benzene ring substituents is 1. The summed E-state index contributed by atoms with van der Waals surface area (Å²) in [5.74, 6) is -0.445. The van der Waals surface area contributed by atoms with Crippen LogP contribution in [0.1, 0.15) is 50.0 Å². The number of nitrogens with one attached hydrogen (secondary N) is 3. The molecule has 0 unspecified atom stereocenters. The lowest BCUT2D eigenvalue weighted by atomic mass is 9.77. The predicted octanol–water partition coefficient (Wildman–Crippen LogP) is 4.78. The number of anilines is 1. The first-order valence-electron chi connectivity index (χ1n) is 9.42. The van der Waals surface area contributed by atoms with E-state index in [4.69, 9.17) is 12.2 Å². The normalized spacial score (nSPS) is 16.1. The molecule has 30 heavy (non-hydrogen) atoms. The highest BCUT2D eigenvalue weighted by Crippen LogP contribution is 2.51. The van der Waals surface area contributed by atoms with Gasteiger partial charge in [-0.15, -0.1) is 11.8 Å². The van der Waals surface area contributed by atoms with Gasteiger partial charge in [-0.2, -0.15) is 0 Å². The van der Waals surface area contributed by atoms with Crippen molar-refractivity contribution in [2.24, 2.45) is 0 Å². The highest BCUT2D eigenvalue weighted by Gasteiger charge is 2.38. The molecule has 1 heterocycles. The zero-order chi connectivity index (χ0) is 22.1. The van der Waals surface area contributed by atoms with Crippen molar-refractivity contribution < 1.29 is 9.72 Å². The van der Waals surface area contributed by atoms with E-state index in [1.165, 1.54) is 34.7 Å². The Bertz CT molecular complexity index is 1000. The van der Waals surface area contributed by atoms with E-state index in [9.17, 15) is 14.9 Å². The Balaban J connectivity index is 1.61. The van der Waals surface area contributed by atoms with Gasteiger partial charge in [-0.1, -0.05) is 27.7 Å². The first kappa shape index (κ1) is 22.0. The first-order valence-corrected chi connectivity index (χ1v) is 10.6. The predicted molar refractivity (Wildman–Crippen MR) is 124 cm³/mol. The molecule has 2 aromatic carbocycles. The number of non-ortho nitro benzene ring substituents is 1. The maximum absolute atomic E-state index is 12.2. The Morgan fingerprint density at radius 3 is 2.40 bits per heavy atom. The maximum Gasteiger partial charge on any atom is 0.269 e. The lowest BCUT2D eigenvalue weighted by Crippen LogP contribution is -2.43. The van der Waals surface area contributed by atoms with Gasteiger partial charge in [0, 0.05) is 33.0 Å². The van der Waals surface area contributed by atoms with Gasteiger partial charge >= 0.3 is 0 Å². The van der Waals surface area contributed by atoms with Crippen LogP contribution in [-0.4, -0.2) is 20.7 Å². The molecule has 0 aliphatic carbocycles. The number of thioether (sulfide) groups is 1. The van der Waals surface area contributed by atoms with Crippen LogP contribution in [0.25, 0.3) is 0 Å². The van der Waals surface area contributed by atoms with Crippen molar-refractivity contribution in [2.45, 2.75) is 49.2 Å². The summed E-state index contributed by atoms with van der Waals surface area (Å²) in [6, 6.07) is 11.5. The first-order chi connectivity index (χ1) is 14.0. The number of hydrogen-bond donors (Lipinski definition) is 3. The fourth-order valence-corrected chi connectivity index (χ4v) is 5.58. The van der Waals surface area contributed by atoms with Crippen molar-refractivity contribution in [3.63, 3.8) is 0 Å². The number of thiocarbonyl (C=S) groups is 1. The van der Waals surface area contributed by atoms with Gasteiger partial charge in [-0.3, -0.25) is 25.8 Å². The summed E-state index contributed by atoms with van der Waals surface area (Å²) in [6.45, 7) is 9.03. The molecular weight excluding hydrogens is 420 g/mol. The SMILES string of the molecule is CC1(C)CC(C)(C)c2cc(NC(=S)NNC(=O)c3ccc([N+](=O)[O-])cc3)ccc2S1. The molecule has 1 amide bonds. The number of nitro groups is 1. The van der Waals surface area contributed by atoms with E-state index in [1.807, 2.05) is 17.8 Å². The quantitative estimate of drug-likeness (QED) is 0.356. The van der Waals surface area contributed by atoms with Crippen LogP contribution in [0, 0.1) is 10.1 Å². The molecule has 0 spiro atoms. The summed E-state index contributed by atoms with van der Waals surface area (Å²) < 4.78 is 0.185. The molecule has 0 saturated carbocycles. The molecular formula is C21H24N4O3S2. The third kappa shape index (κ3) is 5.09. The summed E-state index contributed by atoms with van der Waals surface area (Å²) >= 11 is 7.16. The molecule has 158 valence electrons. The number of fused-ring (bicyclic) bond motifs is 1. The fourth-order valence-electron chi connectivity index (χ4n) is 3.80. The Hall–Kier alpha value is -2.65. The fraction of sp³-hybridized carbons (Fsp3) is 0.333. The molecule has 0 atom stereocenters. The van der Waals surface area contributed by atoms with Crippen LogP contribution in [0.15, 0.2) is 47.4 Å². The zero-order valence-corrected chi connectivity index (χ0v) is 18.9. The minimum Gasteiger partial charge on any atom is -0.331 e. The average Bonchev–Trinajstić information content (AvgIpc) is 2.65. The van der Waals surface area contributed by atoms with Crippen LogP contribution in [0.4, 0.5) is 11.4 Å². The number of hydrazine groups is 1. The largest absolute Gasteiger partial charge is 0.331 e. The van der Waals surface area contributed by atoms with Crippen molar-refractivity contribution in [2.75, 3.05) is 5.32 Å². The van der Waals surface area contributed by atoms with Gasteiger partial charge in [0.05, 0.1) is 4.92 Å². The molecule has 0 aromatic heterocycles. The van der Waals surface area contributed by atoms with E-state index < -0.39 is 10.8 Å². The van der Waals surface area contributed by atoms with Crippen molar-refractivity contribution in [3.8, 4) is 0 Å². The molecule has 9 heteroatoms. The highest BCUT2D eigenvalue weighted by molar-refractivity contribution is 8.00. The van der Waals surface area contributed by atoms with Gasteiger partial charge in [0.2, 0.25) is 0 Å². The van der Waals surface area contributed by atoms with Crippen molar-refractivity contribution in [3.05, 3.63) is 63.7 Å². The van der Waals surface area contributed by atoms with Gasteiger partial charge in [-0.25, -0.2) is 0 Å². The van der Waals surface area contributed by atoms with Crippen LogP contribution >= 0.6 is 24.0 Å². The lowest BCUT2D eigenvalue weighted by molar-refractivity contribution is -0.384. The number of hydrogen-bond acceptors (Lipinski definition) is 5. The number of nitrogens with zero attached hydrogens (tertiary/aromatic N) is 1. The summed E-state index contributed by atoms with van der Waals surface area (Å²) in [5.41, 5.74) is 7.51. The summed E-state index contributed by atoms with van der Waals surface area (Å²) in [6.07, 6.45) is 1.06. The molecule has 0 radical (unpaired) electrons. The second kappa shape index (κ2) is 8.23. The second-order valence-electron chi connectivity index (χ2n) is 8.47. The Morgan fingerprint density at radius 2 is 1.77 bits per heavy atom. The number of benzene rings is 2. The smallest absolute Gasteiger partial charge is 0.269 e. The lowest BCUT2D eigenvalue weighted by Gasteiger charge is -2.41. The summed E-state index contributed by atoms with van der Waals surface area (Å²) in [7, 11) is 0. The second-order valence-corrected chi connectivity index (χ2v) is 10.6. The van der Waals surface area contributed by atoms with Crippen LogP contribution in [0.3, 0.4) is 0 Å². The summed E-state index contributed by atoms with van der Waals surface area (Å²) in [5, 5.41) is 14.0. The van der Waals surface area contributed by atoms with Crippen molar-refractivity contribution in [1.82, 2.24) is 10.9 Å². The Labute approximate surface area is 185 Å². The maximum atomic E-state index is 12.2.